The Morgan fingerprint density at radius 1 is 1.31 bits per heavy atom. The minimum Gasteiger partial charge on any atom is -0.323 e. The molecule has 0 aromatic heterocycles. The monoisotopic (exact) mass is 247 g/mol. The van der Waals surface area contributed by atoms with Crippen LogP contribution >= 0.6 is 0 Å². The van der Waals surface area contributed by atoms with E-state index in [1.165, 1.54) is 0 Å². The summed E-state index contributed by atoms with van der Waals surface area (Å²) in [6.07, 6.45) is 6.91. The Morgan fingerprint density at radius 3 is 2.50 bits per heavy atom. The molecular weight excluding hydrogens is 224 g/mol. The summed E-state index contributed by atoms with van der Waals surface area (Å²) in [6.45, 7) is 7.78. The molecule has 2 unspecified atom stereocenters. The second-order valence-electron chi connectivity index (χ2n) is 4.37. The van der Waals surface area contributed by atoms with Crippen molar-refractivity contribution in [1.82, 2.24) is 4.90 Å². The summed E-state index contributed by atoms with van der Waals surface area (Å²) in [7, 11) is -2.46. The van der Waals surface area contributed by atoms with Crippen molar-refractivity contribution in [3.63, 3.8) is 0 Å². The molecule has 0 aromatic rings. The molecule has 5 heteroatoms. The Bertz CT molecular complexity index is 320. The molecule has 0 radical (unpaired) electrons. The first-order chi connectivity index (χ1) is 7.58. The highest BCUT2D eigenvalue weighted by atomic mass is 32.2. The van der Waals surface area contributed by atoms with Gasteiger partial charge in [-0.2, -0.15) is 12.3 Å². The average molecular weight is 247 g/mol. The molecule has 4 nitrogen and oxygen atoms in total. The number of nitrogens with zero attached hydrogens (tertiary/aromatic N) is 2. The Hall–Kier alpha value is -0.550. The van der Waals surface area contributed by atoms with Crippen LogP contribution in [-0.4, -0.2) is 36.5 Å². The van der Waals surface area contributed by atoms with Crippen LogP contribution in [0.5, 0.6) is 0 Å². The minimum atomic E-state index is -2.46. The van der Waals surface area contributed by atoms with Crippen LogP contribution in [0.3, 0.4) is 0 Å². The van der Waals surface area contributed by atoms with Crippen molar-refractivity contribution in [3.8, 4) is 0 Å². The lowest BCUT2D eigenvalue weighted by Crippen LogP contribution is -2.51. The highest BCUT2D eigenvalue weighted by Crippen LogP contribution is 2.26. The van der Waals surface area contributed by atoms with E-state index in [9.17, 15) is 8.42 Å². The van der Waals surface area contributed by atoms with E-state index in [2.05, 4.69) is 11.8 Å². The quantitative estimate of drug-likeness (QED) is 0.573. The van der Waals surface area contributed by atoms with Crippen molar-refractivity contribution < 1.29 is 12.3 Å². The van der Waals surface area contributed by atoms with Crippen molar-refractivity contribution in [3.05, 3.63) is 12.4 Å². The minimum absolute atomic E-state index is 0.0209. The van der Waals surface area contributed by atoms with E-state index >= 15 is 0 Å². The van der Waals surface area contributed by atoms with Crippen molar-refractivity contribution in [2.24, 2.45) is 0 Å². The van der Waals surface area contributed by atoms with Crippen LogP contribution in [0.25, 0.3) is 0 Å². The first-order valence-electron chi connectivity index (χ1n) is 6.06. The number of unbranched alkanes of at least 4 members (excludes halogenated alkanes) is 1. The van der Waals surface area contributed by atoms with Crippen LogP contribution in [0.1, 0.15) is 40.0 Å². The first kappa shape index (κ1) is 13.5. The summed E-state index contributed by atoms with van der Waals surface area (Å²) >= 11 is 0. The molecule has 0 N–H and O–H groups in total. The van der Waals surface area contributed by atoms with Crippen molar-refractivity contribution >= 4 is 10.9 Å². The Balaban J connectivity index is 2.80. The Labute approximate surface area is 100 Å². The molecule has 2 atom stereocenters. The van der Waals surface area contributed by atoms with E-state index < -0.39 is 10.9 Å². The third kappa shape index (κ3) is 2.40. The molecule has 0 bridgehead atoms. The molecule has 0 fully saturated rings. The fourth-order valence-corrected chi connectivity index (χ4v) is 3.14. The zero-order valence-electron chi connectivity index (χ0n) is 10.4. The summed E-state index contributed by atoms with van der Waals surface area (Å²) in [6, 6.07) is 0. The van der Waals surface area contributed by atoms with E-state index in [0.29, 0.717) is 6.54 Å². The number of hydrogen-bond donors (Lipinski definition) is 1. The molecule has 1 aliphatic rings. The van der Waals surface area contributed by atoms with Gasteiger partial charge >= 0.3 is 0 Å². The molecule has 0 saturated carbocycles. The van der Waals surface area contributed by atoms with Crippen molar-refractivity contribution in [2.75, 3.05) is 13.1 Å². The second kappa shape index (κ2) is 5.68. The van der Waals surface area contributed by atoms with Gasteiger partial charge in [0.05, 0.1) is 12.7 Å². The lowest BCUT2D eigenvalue weighted by molar-refractivity contribution is -0.779. The number of rotatable bonds is 6. The van der Waals surface area contributed by atoms with Gasteiger partial charge in [-0.25, -0.2) is 0 Å². The average Bonchev–Trinajstić information content (AvgIpc) is 2.56. The van der Waals surface area contributed by atoms with E-state index in [4.69, 9.17) is 0 Å². The summed E-state index contributed by atoms with van der Waals surface area (Å²) < 4.78 is 23.0. The van der Waals surface area contributed by atoms with Crippen LogP contribution in [-0.2, 0) is 10.9 Å². The molecule has 0 aromatic carbocycles. The highest BCUT2D eigenvalue weighted by molar-refractivity contribution is 7.66. The zero-order valence-corrected chi connectivity index (χ0v) is 11.3. The maximum Gasteiger partial charge on any atom is 0.293 e. The summed E-state index contributed by atoms with van der Waals surface area (Å²) in [5.41, 5.74) is 0. The van der Waals surface area contributed by atoms with Gasteiger partial charge in [0.25, 0.3) is 10.9 Å². The molecule has 0 aliphatic carbocycles. The van der Waals surface area contributed by atoms with Gasteiger partial charge in [0.1, 0.15) is 6.20 Å². The summed E-state index contributed by atoms with van der Waals surface area (Å²) in [4.78, 5) is 2.14. The predicted molar refractivity (Wildman–Crippen MR) is 65.9 cm³/mol. The molecule has 0 amide bonds. The Morgan fingerprint density at radius 2 is 2.00 bits per heavy atom. The largest absolute Gasteiger partial charge is 0.323 e. The van der Waals surface area contributed by atoms with Gasteiger partial charge in [-0.3, -0.25) is 0 Å². The van der Waals surface area contributed by atoms with E-state index in [-0.39, 0.29) is 10.1 Å². The molecule has 1 rings (SSSR count). The van der Waals surface area contributed by atoms with Crippen LogP contribution in [0.2, 0.25) is 0 Å². The summed E-state index contributed by atoms with van der Waals surface area (Å²) in [5, 5.41) is 0. The maximum absolute atomic E-state index is 11.5. The van der Waals surface area contributed by atoms with Gasteiger partial charge in [0, 0.05) is 13.5 Å². The van der Waals surface area contributed by atoms with Gasteiger partial charge in [0.2, 0.25) is 0 Å². The first-order valence-corrected chi connectivity index (χ1v) is 7.19. The molecule has 16 heavy (non-hydrogen) atoms. The van der Waals surface area contributed by atoms with E-state index in [0.717, 1.165) is 25.8 Å². The molecular formula is C11H23N2O2S+. The fourth-order valence-electron chi connectivity index (χ4n) is 2.20. The Kier molecular flexibility index (Phi) is 4.80. The molecule has 1 heterocycles. The van der Waals surface area contributed by atoms with Crippen LogP contribution in [0, 0.1) is 0 Å². The lowest BCUT2D eigenvalue weighted by Gasteiger charge is -2.33. The van der Waals surface area contributed by atoms with Crippen molar-refractivity contribution in [2.45, 2.75) is 46.2 Å². The zero-order chi connectivity index (χ0) is 12.2. The van der Waals surface area contributed by atoms with Gasteiger partial charge in [-0.05, 0) is 12.8 Å². The van der Waals surface area contributed by atoms with E-state index in [1.54, 1.807) is 0 Å². The standard InChI is InChI=1S/C11H23N2O2S/c1-4-6-7-12-8-10-13(9-5-2,11(12)3)16(14)15/h8,10-11,16H,4-7,9H2,1-3H3/q+1. The van der Waals surface area contributed by atoms with Gasteiger partial charge < -0.3 is 4.90 Å². The fraction of sp³-hybridized carbons (Fsp3) is 0.818. The predicted octanol–water partition coefficient (Wildman–Crippen LogP) is 1.67. The molecule has 1 aliphatic heterocycles. The van der Waals surface area contributed by atoms with E-state index in [1.807, 2.05) is 26.2 Å². The second-order valence-corrected chi connectivity index (χ2v) is 5.59. The van der Waals surface area contributed by atoms with Crippen molar-refractivity contribution in [1.29, 1.82) is 0 Å². The SMILES string of the molecule is CCCCN1C=C[N+](CCC)([SH](=O)=O)C1C. The molecule has 0 saturated heterocycles. The van der Waals surface area contributed by atoms with Crippen LogP contribution < -0.4 is 0 Å². The third-order valence-electron chi connectivity index (χ3n) is 3.30. The molecule has 94 valence electrons. The number of thiol groups is 1. The molecule has 0 spiro atoms. The van der Waals surface area contributed by atoms with Gasteiger partial charge in [0.15, 0.2) is 6.17 Å². The smallest absolute Gasteiger partial charge is 0.293 e. The topological polar surface area (TPSA) is 37.4 Å². The van der Waals surface area contributed by atoms with Gasteiger partial charge in [-0.15, -0.1) is 0 Å². The van der Waals surface area contributed by atoms with Crippen LogP contribution in [0.4, 0.5) is 0 Å². The van der Waals surface area contributed by atoms with Gasteiger partial charge in [-0.1, -0.05) is 20.3 Å². The number of quaternary nitrogens is 1. The summed E-state index contributed by atoms with van der Waals surface area (Å²) in [5.74, 6) is 0. The normalized spacial score (nSPS) is 29.2. The van der Waals surface area contributed by atoms with Crippen LogP contribution in [0.15, 0.2) is 12.4 Å². The number of hydrogen-bond acceptors (Lipinski definition) is 3. The third-order valence-corrected chi connectivity index (χ3v) is 4.57. The lowest BCUT2D eigenvalue weighted by atomic mass is 10.3. The maximum atomic E-state index is 11.5. The highest BCUT2D eigenvalue weighted by Gasteiger charge is 2.41.